The maximum atomic E-state index is 12.7. The van der Waals surface area contributed by atoms with E-state index in [1.807, 2.05) is 17.5 Å². The molecular weight excluding hydrogens is 478 g/mol. The number of benzene rings is 1. The number of carbonyl (C=O) groups excluding carboxylic acids is 1. The second-order valence-corrected chi connectivity index (χ2v) is 10.2. The van der Waals surface area contributed by atoms with Crippen LogP contribution in [0.5, 0.6) is 0 Å². The van der Waals surface area contributed by atoms with Crippen molar-refractivity contribution >= 4 is 38.9 Å². The largest absolute Gasteiger partial charge is 0.449 e. The summed E-state index contributed by atoms with van der Waals surface area (Å²) in [5, 5.41) is 9.76. The number of aromatic nitrogens is 2. The van der Waals surface area contributed by atoms with Crippen molar-refractivity contribution in [1.82, 2.24) is 14.9 Å². The van der Waals surface area contributed by atoms with Gasteiger partial charge in [-0.2, -0.15) is 0 Å². The Hall–Kier alpha value is -2.31. The zero-order valence-corrected chi connectivity index (χ0v) is 19.4. The molecule has 1 aliphatic heterocycles. The van der Waals surface area contributed by atoms with Crippen LogP contribution < -0.4 is 4.72 Å². The third-order valence-corrected chi connectivity index (χ3v) is 7.55. The molecule has 0 saturated carbocycles. The summed E-state index contributed by atoms with van der Waals surface area (Å²) in [6, 6.07) is 7.60. The molecule has 0 spiro atoms. The Kier molecular flexibility index (Phi) is 6.91. The molecule has 1 aromatic carbocycles. The smallest absolute Gasteiger partial charge is 0.338 e. The molecule has 32 heavy (non-hydrogen) atoms. The molecule has 12 heteroatoms. The van der Waals surface area contributed by atoms with E-state index in [9.17, 15) is 13.2 Å². The van der Waals surface area contributed by atoms with Crippen molar-refractivity contribution in [3.8, 4) is 10.8 Å². The van der Waals surface area contributed by atoms with Gasteiger partial charge < -0.3 is 13.9 Å². The molecule has 1 fully saturated rings. The quantitative estimate of drug-likeness (QED) is 0.466. The monoisotopic (exact) mass is 497 g/mol. The Morgan fingerprint density at radius 1 is 1.38 bits per heavy atom. The van der Waals surface area contributed by atoms with E-state index in [0.717, 1.165) is 17.7 Å². The number of nitrogens with one attached hydrogen (secondary N) is 1. The van der Waals surface area contributed by atoms with Gasteiger partial charge in [0.25, 0.3) is 11.8 Å². The summed E-state index contributed by atoms with van der Waals surface area (Å²) < 4.78 is 44.3. The third-order valence-electron chi connectivity index (χ3n) is 4.79. The molecule has 2 atom stereocenters. The molecule has 2 aromatic heterocycles. The Labute approximate surface area is 193 Å². The normalized spacial score (nSPS) is 17.4. The van der Waals surface area contributed by atoms with Crippen molar-refractivity contribution in [1.29, 1.82) is 0 Å². The predicted octanol–water partition coefficient (Wildman–Crippen LogP) is 3.83. The van der Waals surface area contributed by atoms with Gasteiger partial charge in [-0.3, -0.25) is 0 Å². The van der Waals surface area contributed by atoms with Crippen LogP contribution in [0.15, 0.2) is 45.0 Å². The molecule has 1 saturated heterocycles. The number of esters is 1. The highest BCUT2D eigenvalue weighted by molar-refractivity contribution is 7.89. The van der Waals surface area contributed by atoms with Gasteiger partial charge in [-0.25, -0.2) is 17.9 Å². The summed E-state index contributed by atoms with van der Waals surface area (Å²) in [6.45, 7) is 2.33. The molecule has 3 aromatic rings. The van der Waals surface area contributed by atoms with Gasteiger partial charge in [0.2, 0.25) is 10.0 Å². The minimum absolute atomic E-state index is 0.00747. The topological polar surface area (TPSA) is 121 Å². The summed E-state index contributed by atoms with van der Waals surface area (Å²) >= 11 is 7.54. The van der Waals surface area contributed by atoms with Crippen LogP contribution in [-0.2, 0) is 19.5 Å². The van der Waals surface area contributed by atoms with E-state index in [2.05, 4.69) is 14.9 Å². The number of hydrogen-bond donors (Lipinski definition) is 1. The summed E-state index contributed by atoms with van der Waals surface area (Å²) in [4.78, 5) is 13.2. The Bertz CT molecular complexity index is 1190. The first-order valence-corrected chi connectivity index (χ1v) is 12.6. The van der Waals surface area contributed by atoms with Crippen molar-refractivity contribution in [2.45, 2.75) is 36.9 Å². The lowest BCUT2D eigenvalue weighted by molar-refractivity contribution is 0.0279. The number of thiophene rings is 1. The van der Waals surface area contributed by atoms with Crippen molar-refractivity contribution in [3.05, 3.63) is 52.2 Å². The average molecular weight is 498 g/mol. The van der Waals surface area contributed by atoms with E-state index in [0.29, 0.717) is 12.5 Å². The lowest BCUT2D eigenvalue weighted by atomic mass is 10.2. The molecule has 2 unspecified atom stereocenters. The molecule has 0 radical (unpaired) electrons. The van der Waals surface area contributed by atoms with E-state index < -0.39 is 22.1 Å². The number of rotatable bonds is 8. The fraction of sp³-hybridized carbons (Fsp3) is 0.350. The molecule has 1 aliphatic rings. The second kappa shape index (κ2) is 9.67. The summed E-state index contributed by atoms with van der Waals surface area (Å²) in [5.74, 6) is -0.294. The van der Waals surface area contributed by atoms with Crippen LogP contribution >= 0.6 is 22.9 Å². The average Bonchev–Trinajstić information content (AvgIpc) is 3.54. The summed E-state index contributed by atoms with van der Waals surface area (Å²) in [5.41, 5.74) is 0.0248. The highest BCUT2D eigenvalue weighted by Crippen LogP contribution is 2.27. The SMILES string of the molecule is CC(OC(=O)c1ccc(Cl)c(S(=O)(=O)NCC2CCCO2)c1)c1nnc(-c2cccs2)o1. The van der Waals surface area contributed by atoms with Gasteiger partial charge in [0.1, 0.15) is 4.90 Å². The van der Waals surface area contributed by atoms with Crippen molar-refractivity contribution < 1.29 is 27.1 Å². The Balaban J connectivity index is 1.45. The maximum absolute atomic E-state index is 12.7. The molecule has 170 valence electrons. The number of ether oxygens (including phenoxy) is 2. The van der Waals surface area contributed by atoms with Crippen LogP contribution in [0.3, 0.4) is 0 Å². The Morgan fingerprint density at radius 2 is 2.22 bits per heavy atom. The van der Waals surface area contributed by atoms with Gasteiger partial charge in [0, 0.05) is 13.2 Å². The first-order chi connectivity index (χ1) is 15.3. The van der Waals surface area contributed by atoms with E-state index in [1.54, 1.807) is 6.92 Å². The molecule has 1 N–H and O–H groups in total. The third kappa shape index (κ3) is 5.18. The minimum atomic E-state index is -3.95. The van der Waals surface area contributed by atoms with Gasteiger partial charge in [-0.15, -0.1) is 21.5 Å². The van der Waals surface area contributed by atoms with Crippen molar-refractivity contribution in [2.24, 2.45) is 0 Å². The van der Waals surface area contributed by atoms with Gasteiger partial charge in [-0.05, 0) is 49.4 Å². The van der Waals surface area contributed by atoms with E-state index in [1.165, 1.54) is 29.5 Å². The zero-order chi connectivity index (χ0) is 22.7. The highest BCUT2D eigenvalue weighted by Gasteiger charge is 2.25. The van der Waals surface area contributed by atoms with Crippen LogP contribution in [-0.4, -0.2) is 43.8 Å². The number of sulfonamides is 1. The van der Waals surface area contributed by atoms with Gasteiger partial charge in [0.05, 0.1) is 21.6 Å². The number of hydrogen-bond acceptors (Lipinski definition) is 9. The zero-order valence-electron chi connectivity index (χ0n) is 17.0. The van der Waals surface area contributed by atoms with Crippen LogP contribution in [0.1, 0.15) is 42.1 Å². The summed E-state index contributed by atoms with van der Waals surface area (Å²) in [6.07, 6.45) is 0.662. The van der Waals surface area contributed by atoms with E-state index in [4.69, 9.17) is 25.5 Å². The predicted molar refractivity (Wildman–Crippen MR) is 117 cm³/mol. The molecule has 4 rings (SSSR count). The van der Waals surface area contributed by atoms with Crippen molar-refractivity contribution in [3.63, 3.8) is 0 Å². The second-order valence-electron chi connectivity index (χ2n) is 7.10. The van der Waals surface area contributed by atoms with Gasteiger partial charge in [-0.1, -0.05) is 17.7 Å². The fourth-order valence-electron chi connectivity index (χ4n) is 3.10. The lowest BCUT2D eigenvalue weighted by Gasteiger charge is -2.14. The highest BCUT2D eigenvalue weighted by atomic mass is 35.5. The molecule has 0 bridgehead atoms. The molecule has 3 heterocycles. The van der Waals surface area contributed by atoms with Gasteiger partial charge in [0.15, 0.2) is 6.10 Å². The van der Waals surface area contributed by atoms with Crippen LogP contribution in [0.4, 0.5) is 0 Å². The fourth-order valence-corrected chi connectivity index (χ4v) is 5.33. The summed E-state index contributed by atoms with van der Waals surface area (Å²) in [7, 11) is -3.95. The first kappa shape index (κ1) is 22.9. The van der Waals surface area contributed by atoms with Crippen molar-refractivity contribution in [2.75, 3.05) is 13.2 Å². The lowest BCUT2D eigenvalue weighted by Crippen LogP contribution is -2.32. The first-order valence-electron chi connectivity index (χ1n) is 9.82. The molecule has 9 nitrogen and oxygen atoms in total. The maximum Gasteiger partial charge on any atom is 0.338 e. The standard InChI is InChI=1S/C20H20ClN3O6S2/c1-12(18-23-24-19(30-18)16-5-3-9-31-16)29-20(25)13-6-7-15(21)17(10-13)32(26,27)22-11-14-4-2-8-28-14/h3,5-7,9-10,12,14,22H,2,4,8,11H2,1H3. The van der Waals surface area contributed by atoms with Crippen LogP contribution in [0.2, 0.25) is 5.02 Å². The number of nitrogens with zero attached hydrogens (tertiary/aromatic N) is 2. The minimum Gasteiger partial charge on any atom is -0.449 e. The number of carbonyl (C=O) groups is 1. The van der Waals surface area contributed by atoms with E-state index in [-0.39, 0.29) is 34.0 Å². The van der Waals surface area contributed by atoms with Gasteiger partial charge >= 0.3 is 5.97 Å². The number of halogens is 1. The molecule has 0 aliphatic carbocycles. The van der Waals surface area contributed by atoms with Crippen LogP contribution in [0.25, 0.3) is 10.8 Å². The van der Waals surface area contributed by atoms with E-state index >= 15 is 0 Å². The van der Waals surface area contributed by atoms with Crippen LogP contribution in [0, 0.1) is 0 Å². The molecule has 0 amide bonds. The Morgan fingerprint density at radius 3 is 2.94 bits per heavy atom. The molecular formula is C20H20ClN3O6S2.